The Labute approximate surface area is 199 Å². The summed E-state index contributed by atoms with van der Waals surface area (Å²) in [5.41, 5.74) is 4.91. The van der Waals surface area contributed by atoms with Gasteiger partial charge in [-0.25, -0.2) is 9.97 Å². The minimum absolute atomic E-state index is 0.209. The highest BCUT2D eigenvalue weighted by Crippen LogP contribution is 2.33. The van der Waals surface area contributed by atoms with Gasteiger partial charge in [-0.05, 0) is 47.4 Å². The van der Waals surface area contributed by atoms with Gasteiger partial charge in [-0.1, -0.05) is 50.1 Å². The zero-order valence-electron chi connectivity index (χ0n) is 19.2. The van der Waals surface area contributed by atoms with Gasteiger partial charge < -0.3 is 14.2 Å². The molecular formula is C29H25N2O3. The van der Waals surface area contributed by atoms with Crippen molar-refractivity contribution in [1.82, 2.24) is 9.97 Å². The first-order valence-electron chi connectivity index (χ1n) is 11.3. The lowest BCUT2D eigenvalue weighted by Crippen LogP contribution is -2.15. The van der Waals surface area contributed by atoms with Gasteiger partial charge in [0.25, 0.3) is 0 Å². The molecule has 0 spiro atoms. The molecular weight excluding hydrogens is 424 g/mol. The molecule has 5 rings (SSSR count). The third-order valence-corrected chi connectivity index (χ3v) is 5.72. The molecule has 5 nitrogen and oxygen atoms in total. The fourth-order valence-electron chi connectivity index (χ4n) is 3.95. The van der Waals surface area contributed by atoms with Crippen molar-refractivity contribution in [2.75, 3.05) is 19.8 Å². The number of aromatic nitrogens is 2. The molecule has 169 valence electrons. The third-order valence-electron chi connectivity index (χ3n) is 5.72. The van der Waals surface area contributed by atoms with Gasteiger partial charge >= 0.3 is 0 Å². The molecule has 0 unspecified atom stereocenters. The molecule has 34 heavy (non-hydrogen) atoms. The smallest absolute Gasteiger partial charge is 0.161 e. The Morgan fingerprint density at radius 2 is 1.76 bits per heavy atom. The summed E-state index contributed by atoms with van der Waals surface area (Å²) in [6, 6.07) is 20.1. The molecule has 3 aromatic carbocycles. The van der Waals surface area contributed by atoms with E-state index in [2.05, 4.69) is 44.0 Å². The van der Waals surface area contributed by atoms with Crippen LogP contribution in [0.1, 0.15) is 36.7 Å². The van der Waals surface area contributed by atoms with Crippen LogP contribution in [0.15, 0.2) is 60.7 Å². The molecule has 0 amide bonds. The van der Waals surface area contributed by atoms with Crippen LogP contribution in [0, 0.1) is 18.8 Å². The number of hydrogen-bond donors (Lipinski definition) is 0. The predicted molar refractivity (Wildman–Crippen MR) is 133 cm³/mol. The fourth-order valence-corrected chi connectivity index (χ4v) is 3.95. The van der Waals surface area contributed by atoms with Crippen molar-refractivity contribution in [3.63, 3.8) is 0 Å². The molecule has 0 saturated heterocycles. The van der Waals surface area contributed by atoms with Crippen LogP contribution in [0.3, 0.4) is 0 Å². The van der Waals surface area contributed by atoms with Crippen LogP contribution in [-0.4, -0.2) is 29.8 Å². The maximum Gasteiger partial charge on any atom is 0.161 e. The Bertz CT molecular complexity index is 1370. The summed E-state index contributed by atoms with van der Waals surface area (Å²) in [4.78, 5) is 9.74. The molecule has 0 bridgehead atoms. The second kappa shape index (κ2) is 9.44. The average Bonchev–Trinajstić information content (AvgIpc) is 2.87. The largest absolute Gasteiger partial charge is 0.486 e. The van der Waals surface area contributed by atoms with E-state index in [4.69, 9.17) is 30.6 Å². The van der Waals surface area contributed by atoms with Crippen LogP contribution in [0.5, 0.6) is 17.2 Å². The summed E-state index contributed by atoms with van der Waals surface area (Å²) in [6.45, 7) is 5.69. The molecule has 0 saturated carbocycles. The van der Waals surface area contributed by atoms with Gasteiger partial charge in [0.05, 0.1) is 17.6 Å². The van der Waals surface area contributed by atoms with Crippen molar-refractivity contribution in [3.05, 3.63) is 84.0 Å². The first-order valence-corrected chi connectivity index (χ1v) is 11.3. The number of terminal acetylenes is 1. The van der Waals surface area contributed by atoms with Gasteiger partial charge in [0.15, 0.2) is 11.5 Å². The number of hydrogen-bond acceptors (Lipinski definition) is 5. The highest BCUT2D eigenvalue weighted by atomic mass is 16.6. The summed E-state index contributed by atoms with van der Waals surface area (Å²) < 4.78 is 17.0. The van der Waals surface area contributed by atoms with Crippen molar-refractivity contribution in [1.29, 1.82) is 0 Å². The van der Waals surface area contributed by atoms with Crippen LogP contribution < -0.4 is 14.2 Å². The van der Waals surface area contributed by atoms with E-state index in [0.29, 0.717) is 30.7 Å². The topological polar surface area (TPSA) is 53.5 Å². The van der Waals surface area contributed by atoms with Gasteiger partial charge in [0.1, 0.15) is 31.4 Å². The molecule has 1 aromatic heterocycles. The SMILES string of the molecule is C#CCOc1ccc2nc([CH]c3ccc4c(c3)OCCO4)nc(-c3ccc(C(C)C)cc3)c2c1. The van der Waals surface area contributed by atoms with E-state index in [0.717, 1.165) is 39.2 Å². The molecule has 0 atom stereocenters. The lowest BCUT2D eigenvalue weighted by Gasteiger charge is -2.18. The van der Waals surface area contributed by atoms with Gasteiger partial charge in [0.2, 0.25) is 0 Å². The van der Waals surface area contributed by atoms with Crippen molar-refractivity contribution in [2.45, 2.75) is 19.8 Å². The Balaban J connectivity index is 1.57. The van der Waals surface area contributed by atoms with Crippen molar-refractivity contribution in [2.24, 2.45) is 0 Å². The van der Waals surface area contributed by atoms with Gasteiger partial charge in [-0.3, -0.25) is 0 Å². The van der Waals surface area contributed by atoms with Crippen molar-refractivity contribution in [3.8, 4) is 40.8 Å². The minimum Gasteiger partial charge on any atom is -0.486 e. The summed E-state index contributed by atoms with van der Waals surface area (Å²) in [5, 5.41) is 0.908. The quantitative estimate of drug-likeness (QED) is 0.348. The van der Waals surface area contributed by atoms with E-state index in [1.807, 2.05) is 42.8 Å². The van der Waals surface area contributed by atoms with Crippen LogP contribution in [-0.2, 0) is 0 Å². The molecule has 0 fully saturated rings. The van der Waals surface area contributed by atoms with E-state index in [-0.39, 0.29) is 6.61 Å². The van der Waals surface area contributed by atoms with E-state index >= 15 is 0 Å². The summed E-state index contributed by atoms with van der Waals surface area (Å²) >= 11 is 0. The Morgan fingerprint density at radius 1 is 0.971 bits per heavy atom. The van der Waals surface area contributed by atoms with Crippen LogP contribution in [0.25, 0.3) is 22.2 Å². The van der Waals surface area contributed by atoms with Crippen LogP contribution in [0.2, 0.25) is 0 Å². The highest BCUT2D eigenvalue weighted by molar-refractivity contribution is 5.93. The first kappa shape index (κ1) is 21.8. The van der Waals surface area contributed by atoms with Gasteiger partial charge in [0, 0.05) is 10.9 Å². The maximum atomic E-state index is 5.73. The number of rotatable bonds is 6. The van der Waals surface area contributed by atoms with E-state index in [1.165, 1.54) is 5.56 Å². The zero-order valence-corrected chi connectivity index (χ0v) is 19.2. The highest BCUT2D eigenvalue weighted by Gasteiger charge is 2.15. The Morgan fingerprint density at radius 3 is 2.53 bits per heavy atom. The molecule has 0 aliphatic carbocycles. The van der Waals surface area contributed by atoms with Gasteiger partial charge in [-0.15, -0.1) is 6.42 Å². The monoisotopic (exact) mass is 449 g/mol. The van der Waals surface area contributed by atoms with E-state index < -0.39 is 0 Å². The Kier molecular flexibility index (Phi) is 6.05. The molecule has 4 aromatic rings. The summed E-state index contributed by atoms with van der Waals surface area (Å²) in [7, 11) is 0. The number of nitrogens with zero attached hydrogens (tertiary/aromatic N) is 2. The average molecular weight is 450 g/mol. The summed E-state index contributed by atoms with van der Waals surface area (Å²) in [5.74, 6) is 5.77. The molecule has 5 heteroatoms. The second-order valence-electron chi connectivity index (χ2n) is 8.43. The fraction of sp³-hybridized carbons (Fsp3) is 0.207. The molecule has 1 aliphatic heterocycles. The first-order chi connectivity index (χ1) is 16.6. The lowest BCUT2D eigenvalue weighted by atomic mass is 9.99. The maximum absolute atomic E-state index is 5.73. The molecule has 0 N–H and O–H groups in total. The second-order valence-corrected chi connectivity index (χ2v) is 8.43. The third kappa shape index (κ3) is 4.53. The van der Waals surface area contributed by atoms with E-state index in [1.54, 1.807) is 0 Å². The number of benzene rings is 3. The lowest BCUT2D eigenvalue weighted by molar-refractivity contribution is 0.171. The zero-order chi connectivity index (χ0) is 23.5. The number of fused-ring (bicyclic) bond motifs is 2. The molecule has 1 aliphatic rings. The standard InChI is InChI=1S/C29H25N2O3/c1-4-13-32-23-10-11-25-24(18-23)29(22-8-6-21(7-9-22)19(2)3)31-28(30-25)17-20-5-12-26-27(16-20)34-15-14-33-26/h1,5-12,16-19H,13-15H2,2-3H3. The van der Waals surface area contributed by atoms with Crippen molar-refractivity contribution < 1.29 is 14.2 Å². The van der Waals surface area contributed by atoms with Crippen LogP contribution >= 0.6 is 0 Å². The van der Waals surface area contributed by atoms with E-state index in [9.17, 15) is 0 Å². The molecule has 1 radical (unpaired) electrons. The normalized spacial score (nSPS) is 12.5. The summed E-state index contributed by atoms with van der Waals surface area (Å²) in [6.07, 6.45) is 7.31. The predicted octanol–water partition coefficient (Wildman–Crippen LogP) is 5.80. The Hall–Kier alpha value is -4.04. The minimum atomic E-state index is 0.209. The van der Waals surface area contributed by atoms with Crippen LogP contribution in [0.4, 0.5) is 0 Å². The van der Waals surface area contributed by atoms with Crippen molar-refractivity contribution >= 4 is 10.9 Å². The van der Waals surface area contributed by atoms with Gasteiger partial charge in [-0.2, -0.15) is 0 Å². The number of ether oxygens (including phenoxy) is 3. The molecule has 2 heterocycles.